The van der Waals surface area contributed by atoms with Gasteiger partial charge < -0.3 is 10.6 Å². The van der Waals surface area contributed by atoms with Gasteiger partial charge in [0.05, 0.1) is 5.00 Å². The zero-order chi connectivity index (χ0) is 11.5. The summed E-state index contributed by atoms with van der Waals surface area (Å²) in [4.78, 5) is 2.21. The molecule has 0 saturated heterocycles. The van der Waals surface area contributed by atoms with E-state index >= 15 is 0 Å². The van der Waals surface area contributed by atoms with Gasteiger partial charge in [0.15, 0.2) is 0 Å². The fourth-order valence-corrected chi connectivity index (χ4v) is 2.64. The summed E-state index contributed by atoms with van der Waals surface area (Å²) in [6, 6.07) is 10.5. The lowest BCUT2D eigenvalue weighted by Crippen LogP contribution is -2.09. The van der Waals surface area contributed by atoms with Crippen LogP contribution >= 0.6 is 11.3 Å². The molecule has 0 atom stereocenters. The fourth-order valence-electron chi connectivity index (χ4n) is 1.72. The Morgan fingerprint density at radius 2 is 2.12 bits per heavy atom. The van der Waals surface area contributed by atoms with Crippen LogP contribution in [-0.2, 0) is 6.54 Å². The molecule has 3 heteroatoms. The van der Waals surface area contributed by atoms with E-state index in [0.717, 1.165) is 0 Å². The first-order valence-corrected chi connectivity index (χ1v) is 6.17. The topological polar surface area (TPSA) is 29.3 Å². The van der Waals surface area contributed by atoms with E-state index in [4.69, 9.17) is 5.73 Å². The Bertz CT molecular complexity index is 476. The average molecular weight is 232 g/mol. The minimum absolute atomic E-state index is 0.588. The maximum atomic E-state index is 5.65. The van der Waals surface area contributed by atoms with Crippen molar-refractivity contribution in [1.82, 2.24) is 0 Å². The van der Waals surface area contributed by atoms with Gasteiger partial charge in [0, 0.05) is 19.3 Å². The average Bonchev–Trinajstić information content (AvgIpc) is 2.74. The standard InChI is InChI=1S/C13H16N2S/c1-10-6-7-16-13(10)15(2)12-5-3-4-11(8-12)9-14/h3-8H,9,14H2,1-2H3. The molecule has 1 heterocycles. The summed E-state index contributed by atoms with van der Waals surface area (Å²) < 4.78 is 0. The fraction of sp³-hybridized carbons (Fsp3) is 0.231. The van der Waals surface area contributed by atoms with Gasteiger partial charge in [-0.15, -0.1) is 11.3 Å². The van der Waals surface area contributed by atoms with E-state index in [1.54, 1.807) is 11.3 Å². The van der Waals surface area contributed by atoms with Crippen LogP contribution in [0.5, 0.6) is 0 Å². The smallest absolute Gasteiger partial charge is 0.0980 e. The normalized spacial score (nSPS) is 10.4. The molecule has 0 aliphatic carbocycles. The molecule has 0 radical (unpaired) electrons. The Morgan fingerprint density at radius 3 is 2.75 bits per heavy atom. The minimum Gasteiger partial charge on any atom is -0.336 e. The molecule has 2 nitrogen and oxygen atoms in total. The van der Waals surface area contributed by atoms with Crippen LogP contribution in [0, 0.1) is 6.92 Å². The number of benzene rings is 1. The number of thiophene rings is 1. The molecule has 0 aliphatic heterocycles. The third kappa shape index (κ3) is 2.10. The molecule has 0 aliphatic rings. The van der Waals surface area contributed by atoms with E-state index in [0.29, 0.717) is 6.54 Å². The Balaban J connectivity index is 2.33. The van der Waals surface area contributed by atoms with Crippen molar-refractivity contribution in [2.45, 2.75) is 13.5 Å². The quantitative estimate of drug-likeness (QED) is 0.880. The van der Waals surface area contributed by atoms with Crippen LogP contribution in [0.4, 0.5) is 10.7 Å². The van der Waals surface area contributed by atoms with Crippen LogP contribution in [0.1, 0.15) is 11.1 Å². The minimum atomic E-state index is 0.588. The van der Waals surface area contributed by atoms with Gasteiger partial charge in [0.2, 0.25) is 0 Å². The van der Waals surface area contributed by atoms with E-state index < -0.39 is 0 Å². The third-order valence-corrected chi connectivity index (χ3v) is 3.76. The lowest BCUT2D eigenvalue weighted by Gasteiger charge is -2.19. The van der Waals surface area contributed by atoms with Crippen LogP contribution in [0.15, 0.2) is 35.7 Å². The summed E-state index contributed by atoms with van der Waals surface area (Å²) in [5, 5.41) is 3.41. The third-order valence-electron chi connectivity index (χ3n) is 2.67. The first-order valence-electron chi connectivity index (χ1n) is 5.29. The maximum absolute atomic E-state index is 5.65. The van der Waals surface area contributed by atoms with Crippen molar-refractivity contribution in [2.75, 3.05) is 11.9 Å². The van der Waals surface area contributed by atoms with Gasteiger partial charge in [-0.05, 0) is 41.6 Å². The largest absolute Gasteiger partial charge is 0.336 e. The molecule has 2 aromatic rings. The van der Waals surface area contributed by atoms with Crippen molar-refractivity contribution in [1.29, 1.82) is 0 Å². The van der Waals surface area contributed by atoms with Gasteiger partial charge in [-0.3, -0.25) is 0 Å². The highest BCUT2D eigenvalue weighted by atomic mass is 32.1. The summed E-state index contributed by atoms with van der Waals surface area (Å²) in [5.41, 5.74) is 9.32. The van der Waals surface area contributed by atoms with Gasteiger partial charge in [0.1, 0.15) is 0 Å². The molecule has 2 N–H and O–H groups in total. The predicted octanol–water partition coefficient (Wildman–Crippen LogP) is 3.28. The molecule has 0 saturated carbocycles. The molecule has 0 unspecified atom stereocenters. The SMILES string of the molecule is Cc1ccsc1N(C)c1cccc(CN)c1. The molecule has 2 rings (SSSR count). The van der Waals surface area contributed by atoms with Crippen molar-refractivity contribution < 1.29 is 0 Å². The zero-order valence-electron chi connectivity index (χ0n) is 9.60. The van der Waals surface area contributed by atoms with Crippen LogP contribution in [-0.4, -0.2) is 7.05 Å². The summed E-state index contributed by atoms with van der Waals surface area (Å²) in [5.74, 6) is 0. The summed E-state index contributed by atoms with van der Waals surface area (Å²) in [6.07, 6.45) is 0. The van der Waals surface area contributed by atoms with Crippen LogP contribution in [0.3, 0.4) is 0 Å². The van der Waals surface area contributed by atoms with E-state index in [2.05, 4.69) is 54.6 Å². The van der Waals surface area contributed by atoms with Crippen molar-refractivity contribution in [3.05, 3.63) is 46.8 Å². The molecule has 84 valence electrons. The van der Waals surface area contributed by atoms with Gasteiger partial charge in [0.25, 0.3) is 0 Å². The molecular formula is C13H16N2S. The lowest BCUT2D eigenvalue weighted by molar-refractivity contribution is 1.07. The molecule has 1 aromatic heterocycles. The van der Waals surface area contributed by atoms with E-state index in [1.165, 1.54) is 21.8 Å². The monoisotopic (exact) mass is 232 g/mol. The molecule has 0 amide bonds. The van der Waals surface area contributed by atoms with E-state index in [-0.39, 0.29) is 0 Å². The predicted molar refractivity (Wildman–Crippen MR) is 71.5 cm³/mol. The highest BCUT2D eigenvalue weighted by Gasteiger charge is 2.08. The summed E-state index contributed by atoms with van der Waals surface area (Å²) >= 11 is 1.76. The molecule has 1 aromatic carbocycles. The van der Waals surface area contributed by atoms with Gasteiger partial charge >= 0.3 is 0 Å². The second kappa shape index (κ2) is 4.68. The van der Waals surface area contributed by atoms with Crippen LogP contribution < -0.4 is 10.6 Å². The molecule has 0 fully saturated rings. The van der Waals surface area contributed by atoms with Gasteiger partial charge in [-0.1, -0.05) is 12.1 Å². The summed E-state index contributed by atoms with van der Waals surface area (Å²) in [6.45, 7) is 2.72. The Labute approximate surface area is 100 Å². The van der Waals surface area contributed by atoms with E-state index in [1.807, 2.05) is 0 Å². The van der Waals surface area contributed by atoms with Crippen molar-refractivity contribution in [3.63, 3.8) is 0 Å². The zero-order valence-corrected chi connectivity index (χ0v) is 10.4. The lowest BCUT2D eigenvalue weighted by atomic mass is 10.2. The number of hydrogen-bond acceptors (Lipinski definition) is 3. The number of nitrogens with zero attached hydrogens (tertiary/aromatic N) is 1. The van der Waals surface area contributed by atoms with E-state index in [9.17, 15) is 0 Å². The van der Waals surface area contributed by atoms with Gasteiger partial charge in [-0.2, -0.15) is 0 Å². The maximum Gasteiger partial charge on any atom is 0.0980 e. The number of nitrogens with two attached hydrogens (primary N) is 1. The Morgan fingerprint density at radius 1 is 1.31 bits per heavy atom. The van der Waals surface area contributed by atoms with Crippen LogP contribution in [0.2, 0.25) is 0 Å². The first-order chi connectivity index (χ1) is 7.72. The van der Waals surface area contributed by atoms with Crippen molar-refractivity contribution >= 4 is 22.0 Å². The van der Waals surface area contributed by atoms with Crippen molar-refractivity contribution in [3.8, 4) is 0 Å². The Hall–Kier alpha value is -1.32. The highest BCUT2D eigenvalue weighted by molar-refractivity contribution is 7.14. The second-order valence-electron chi connectivity index (χ2n) is 3.84. The number of aryl methyl sites for hydroxylation is 1. The second-order valence-corrected chi connectivity index (χ2v) is 4.74. The molecule has 16 heavy (non-hydrogen) atoms. The number of hydrogen-bond donors (Lipinski definition) is 1. The Kier molecular flexibility index (Phi) is 3.27. The highest BCUT2D eigenvalue weighted by Crippen LogP contribution is 2.31. The number of rotatable bonds is 3. The number of anilines is 2. The van der Waals surface area contributed by atoms with Gasteiger partial charge in [-0.25, -0.2) is 0 Å². The van der Waals surface area contributed by atoms with Crippen LogP contribution in [0.25, 0.3) is 0 Å². The first kappa shape index (κ1) is 11.2. The molecular weight excluding hydrogens is 216 g/mol. The molecule has 0 bridgehead atoms. The van der Waals surface area contributed by atoms with Crippen molar-refractivity contribution in [2.24, 2.45) is 5.73 Å². The molecule has 0 spiro atoms. The summed E-state index contributed by atoms with van der Waals surface area (Å²) in [7, 11) is 2.09.